The third kappa shape index (κ3) is 2.88. The molecule has 0 fully saturated rings. The number of carbonyl (C=O) groups excluding carboxylic acids is 2. The third-order valence-corrected chi connectivity index (χ3v) is 3.16. The minimum Gasteiger partial charge on any atom is -0.364 e. The molecule has 2 aromatic rings. The highest BCUT2D eigenvalue weighted by Crippen LogP contribution is 2.24. The van der Waals surface area contributed by atoms with Gasteiger partial charge in [0.1, 0.15) is 5.69 Å². The number of hydrogen-bond acceptors (Lipinski definition) is 6. The predicted octanol–water partition coefficient (Wildman–Crippen LogP) is 0.204. The zero-order chi connectivity index (χ0) is 17.3. The number of rotatable bonds is 5. The lowest BCUT2D eigenvalue weighted by Gasteiger charge is -2.03. The molecule has 0 aliphatic carbocycles. The van der Waals surface area contributed by atoms with Gasteiger partial charge in [0.15, 0.2) is 5.69 Å². The normalized spacial score (nSPS) is 10.6. The van der Waals surface area contributed by atoms with Gasteiger partial charge in [0.25, 0.3) is 11.8 Å². The Morgan fingerprint density at radius 2 is 2.09 bits per heavy atom. The molecule has 2 aromatic heterocycles. The van der Waals surface area contributed by atoms with E-state index in [0.717, 1.165) is 4.68 Å². The number of carbonyl (C=O) groups is 2. The van der Waals surface area contributed by atoms with E-state index in [-0.39, 0.29) is 22.8 Å². The molecule has 23 heavy (non-hydrogen) atoms. The number of hydrogen-bond donors (Lipinski definition) is 2. The molecule has 122 valence electrons. The first-order valence-corrected chi connectivity index (χ1v) is 6.62. The molecule has 3 N–H and O–H groups in total. The predicted molar refractivity (Wildman–Crippen MR) is 79.0 cm³/mol. The lowest BCUT2D eigenvalue weighted by atomic mass is 10.2. The van der Waals surface area contributed by atoms with E-state index in [1.807, 2.05) is 0 Å². The number of nitrogens with zero attached hydrogens (tertiary/aromatic N) is 5. The van der Waals surface area contributed by atoms with Crippen molar-refractivity contribution < 1.29 is 14.5 Å². The molecule has 0 aromatic carbocycles. The maximum atomic E-state index is 12.4. The number of nitro groups is 1. The average Bonchev–Trinajstić information content (AvgIpc) is 2.99. The van der Waals surface area contributed by atoms with E-state index < -0.39 is 22.4 Å². The van der Waals surface area contributed by atoms with E-state index in [0.29, 0.717) is 6.54 Å². The van der Waals surface area contributed by atoms with Crippen LogP contribution in [0.2, 0.25) is 0 Å². The summed E-state index contributed by atoms with van der Waals surface area (Å²) in [5, 5.41) is 21.4. The van der Waals surface area contributed by atoms with E-state index in [1.165, 1.54) is 24.9 Å². The van der Waals surface area contributed by atoms with Gasteiger partial charge in [0.2, 0.25) is 5.69 Å². The van der Waals surface area contributed by atoms with Gasteiger partial charge in [0, 0.05) is 19.8 Å². The first-order valence-electron chi connectivity index (χ1n) is 6.62. The van der Waals surface area contributed by atoms with Crippen molar-refractivity contribution in [3.05, 3.63) is 33.4 Å². The Morgan fingerprint density at radius 1 is 1.43 bits per heavy atom. The van der Waals surface area contributed by atoms with Crippen LogP contribution in [0.25, 0.3) is 0 Å². The smallest absolute Gasteiger partial charge is 0.322 e. The van der Waals surface area contributed by atoms with Gasteiger partial charge in [-0.25, -0.2) is 0 Å². The van der Waals surface area contributed by atoms with E-state index in [1.54, 1.807) is 6.92 Å². The Bertz CT molecular complexity index is 805. The average molecular weight is 321 g/mol. The summed E-state index contributed by atoms with van der Waals surface area (Å²) >= 11 is 0. The molecule has 11 nitrogen and oxygen atoms in total. The molecule has 0 aliphatic heterocycles. The van der Waals surface area contributed by atoms with Crippen LogP contribution in [-0.2, 0) is 13.6 Å². The summed E-state index contributed by atoms with van der Waals surface area (Å²) in [6, 6.07) is 0. The van der Waals surface area contributed by atoms with E-state index in [2.05, 4.69) is 15.5 Å². The maximum Gasteiger partial charge on any atom is 0.322 e. The van der Waals surface area contributed by atoms with Crippen LogP contribution >= 0.6 is 0 Å². The molecule has 2 amide bonds. The fourth-order valence-corrected chi connectivity index (χ4v) is 2.16. The quantitative estimate of drug-likeness (QED) is 0.593. The van der Waals surface area contributed by atoms with Gasteiger partial charge in [-0.2, -0.15) is 10.2 Å². The Hall–Kier alpha value is -3.24. The first-order chi connectivity index (χ1) is 10.8. The van der Waals surface area contributed by atoms with Crippen LogP contribution in [0.4, 0.5) is 11.4 Å². The molecule has 0 spiro atoms. The summed E-state index contributed by atoms with van der Waals surface area (Å²) in [4.78, 5) is 34.2. The highest BCUT2D eigenvalue weighted by atomic mass is 16.6. The van der Waals surface area contributed by atoms with Crippen LogP contribution < -0.4 is 11.1 Å². The molecule has 0 atom stereocenters. The monoisotopic (exact) mass is 321 g/mol. The zero-order valence-corrected chi connectivity index (χ0v) is 12.7. The van der Waals surface area contributed by atoms with E-state index >= 15 is 0 Å². The molecule has 0 unspecified atom stereocenters. The third-order valence-electron chi connectivity index (χ3n) is 3.16. The molecular formula is C12H15N7O4. The van der Waals surface area contributed by atoms with Crippen molar-refractivity contribution in [2.24, 2.45) is 12.8 Å². The zero-order valence-electron chi connectivity index (χ0n) is 12.7. The lowest BCUT2D eigenvalue weighted by molar-refractivity contribution is -0.385. The SMILES string of the molecule is CCn1cc(NC(=O)c2c([N+](=O)[O-])c(C)nn2C)c(C(N)=O)n1. The van der Waals surface area contributed by atoms with Gasteiger partial charge in [0.05, 0.1) is 10.6 Å². The van der Waals surface area contributed by atoms with Crippen molar-refractivity contribution in [3.8, 4) is 0 Å². The van der Waals surface area contributed by atoms with Crippen LogP contribution in [0.15, 0.2) is 6.20 Å². The summed E-state index contributed by atoms with van der Waals surface area (Å²) in [6.07, 6.45) is 1.42. The molecular weight excluding hydrogens is 306 g/mol. The molecule has 0 saturated heterocycles. The van der Waals surface area contributed by atoms with Gasteiger partial charge in [-0.3, -0.25) is 29.1 Å². The van der Waals surface area contributed by atoms with Crippen LogP contribution in [0.5, 0.6) is 0 Å². The number of primary amides is 1. The maximum absolute atomic E-state index is 12.4. The number of anilines is 1. The largest absolute Gasteiger partial charge is 0.364 e. The summed E-state index contributed by atoms with van der Waals surface area (Å²) in [7, 11) is 1.42. The summed E-state index contributed by atoms with van der Waals surface area (Å²) in [6.45, 7) is 3.68. The molecule has 0 aliphatic rings. The van der Waals surface area contributed by atoms with E-state index in [4.69, 9.17) is 5.73 Å². The molecule has 11 heteroatoms. The molecule has 0 bridgehead atoms. The van der Waals surface area contributed by atoms with Crippen molar-refractivity contribution in [1.82, 2.24) is 19.6 Å². The Morgan fingerprint density at radius 3 is 2.61 bits per heavy atom. The van der Waals surface area contributed by atoms with Gasteiger partial charge in [-0.05, 0) is 13.8 Å². The number of aromatic nitrogens is 4. The highest BCUT2D eigenvalue weighted by molar-refractivity contribution is 6.09. The van der Waals surface area contributed by atoms with Crippen molar-refractivity contribution in [3.63, 3.8) is 0 Å². The minimum atomic E-state index is -0.816. The second-order valence-corrected chi connectivity index (χ2v) is 4.73. The molecule has 2 heterocycles. The van der Waals surface area contributed by atoms with Gasteiger partial charge in [-0.1, -0.05) is 0 Å². The van der Waals surface area contributed by atoms with Crippen LogP contribution in [0.1, 0.15) is 33.6 Å². The minimum absolute atomic E-state index is 0.0810. The Balaban J connectivity index is 2.43. The van der Waals surface area contributed by atoms with Crippen LogP contribution in [0, 0.1) is 17.0 Å². The summed E-state index contributed by atoms with van der Waals surface area (Å²) < 4.78 is 2.52. The standard InChI is InChI=1S/C12H15N7O4/c1-4-18-5-7(8(16-18)11(13)20)14-12(21)10-9(19(22)23)6(2)15-17(10)3/h5H,4H2,1-3H3,(H2,13,20)(H,14,21). The summed E-state index contributed by atoms with van der Waals surface area (Å²) in [5.74, 6) is -1.60. The van der Waals surface area contributed by atoms with Crippen molar-refractivity contribution >= 4 is 23.2 Å². The number of amides is 2. The number of aryl methyl sites for hydroxylation is 3. The van der Waals surface area contributed by atoms with Crippen molar-refractivity contribution in [1.29, 1.82) is 0 Å². The fourth-order valence-electron chi connectivity index (χ4n) is 2.16. The fraction of sp³-hybridized carbons (Fsp3) is 0.333. The molecule has 2 rings (SSSR count). The van der Waals surface area contributed by atoms with Crippen LogP contribution in [-0.4, -0.2) is 36.3 Å². The second kappa shape index (κ2) is 5.87. The van der Waals surface area contributed by atoms with Gasteiger partial charge >= 0.3 is 5.69 Å². The van der Waals surface area contributed by atoms with Crippen LogP contribution in [0.3, 0.4) is 0 Å². The number of nitrogens with two attached hydrogens (primary N) is 1. The topological polar surface area (TPSA) is 151 Å². The Kier molecular flexibility index (Phi) is 4.12. The molecule has 0 radical (unpaired) electrons. The highest BCUT2D eigenvalue weighted by Gasteiger charge is 2.30. The first kappa shape index (κ1) is 16.1. The van der Waals surface area contributed by atoms with Crippen molar-refractivity contribution in [2.75, 3.05) is 5.32 Å². The van der Waals surface area contributed by atoms with E-state index in [9.17, 15) is 19.7 Å². The van der Waals surface area contributed by atoms with Gasteiger partial charge < -0.3 is 11.1 Å². The number of nitrogens with one attached hydrogen (secondary N) is 1. The lowest BCUT2D eigenvalue weighted by Crippen LogP contribution is -2.20. The van der Waals surface area contributed by atoms with Crippen molar-refractivity contribution in [2.45, 2.75) is 20.4 Å². The van der Waals surface area contributed by atoms with Gasteiger partial charge in [-0.15, -0.1) is 0 Å². The Labute approximate surface area is 130 Å². The second-order valence-electron chi connectivity index (χ2n) is 4.73. The summed E-state index contributed by atoms with van der Waals surface area (Å²) in [5.41, 5.74) is 4.66. The molecule has 0 saturated carbocycles.